The van der Waals surface area contributed by atoms with Crippen molar-refractivity contribution in [2.75, 3.05) is 18.8 Å². The molecular weight excluding hydrogens is 423 g/mol. The van der Waals surface area contributed by atoms with Crippen LogP contribution in [-0.2, 0) is 26.1 Å². The molecule has 1 aromatic carbocycles. The molecule has 4 N–H and O–H groups in total. The van der Waals surface area contributed by atoms with Crippen LogP contribution in [0, 0.1) is 0 Å². The van der Waals surface area contributed by atoms with E-state index in [0.29, 0.717) is 5.56 Å². The summed E-state index contributed by atoms with van der Waals surface area (Å²) in [5.41, 5.74) is -0.685. The standard InChI is InChI=1S/C19H26N2O7S.Na.H/c1-5-17(24)20-19(4,12-29(26,27)28)11-21(18(25)13(2)3)9-8-14-6-7-15(22)16(23)10-14;;/h5-7,10,22-23H,1-2,8-9,11-12H2,3-4H3,(H,20,24)(H,26,27,28);;/q;+1;-1. The van der Waals surface area contributed by atoms with Crippen molar-refractivity contribution in [1.82, 2.24) is 10.2 Å². The Kier molecular flexibility index (Phi) is 10.8. The van der Waals surface area contributed by atoms with E-state index in [0.717, 1.165) is 6.08 Å². The van der Waals surface area contributed by atoms with Crippen molar-refractivity contribution in [2.45, 2.75) is 25.8 Å². The first-order valence-corrected chi connectivity index (χ1v) is 10.2. The Bertz CT molecular complexity index is 924. The van der Waals surface area contributed by atoms with Crippen LogP contribution in [0.25, 0.3) is 0 Å². The van der Waals surface area contributed by atoms with Crippen LogP contribution in [0.4, 0.5) is 0 Å². The Morgan fingerprint density at radius 1 is 1.30 bits per heavy atom. The second-order valence-electron chi connectivity index (χ2n) is 7.06. The van der Waals surface area contributed by atoms with E-state index in [1.54, 1.807) is 6.07 Å². The number of nitrogens with zero attached hydrogens (tertiary/aromatic N) is 1. The number of aromatic hydroxyl groups is 2. The summed E-state index contributed by atoms with van der Waals surface area (Å²) in [4.78, 5) is 25.6. The Balaban J connectivity index is 0. The summed E-state index contributed by atoms with van der Waals surface area (Å²) >= 11 is 0. The van der Waals surface area contributed by atoms with E-state index in [1.165, 1.54) is 30.9 Å². The van der Waals surface area contributed by atoms with Gasteiger partial charge in [0.2, 0.25) is 11.8 Å². The third-order valence-electron chi connectivity index (χ3n) is 4.01. The molecule has 0 radical (unpaired) electrons. The number of rotatable bonds is 10. The minimum Gasteiger partial charge on any atom is -1.00 e. The summed E-state index contributed by atoms with van der Waals surface area (Å²) in [6, 6.07) is 4.22. The summed E-state index contributed by atoms with van der Waals surface area (Å²) in [5, 5.41) is 21.4. The first-order valence-electron chi connectivity index (χ1n) is 8.62. The first-order chi connectivity index (χ1) is 13.3. The predicted octanol–water partition coefficient (Wildman–Crippen LogP) is -1.89. The van der Waals surface area contributed by atoms with Gasteiger partial charge < -0.3 is 21.9 Å². The zero-order valence-corrected chi connectivity index (χ0v) is 20.2. The van der Waals surface area contributed by atoms with E-state index < -0.39 is 33.2 Å². The van der Waals surface area contributed by atoms with E-state index in [9.17, 15) is 32.8 Å². The Morgan fingerprint density at radius 2 is 1.90 bits per heavy atom. The largest absolute Gasteiger partial charge is 1.00 e. The normalized spacial score (nSPS) is 12.8. The molecule has 0 spiro atoms. The summed E-state index contributed by atoms with van der Waals surface area (Å²) in [7, 11) is -4.47. The molecule has 0 aliphatic carbocycles. The van der Waals surface area contributed by atoms with Crippen molar-refractivity contribution in [3.8, 4) is 11.5 Å². The first kappa shape index (κ1) is 28.1. The molecule has 0 heterocycles. The van der Waals surface area contributed by atoms with Gasteiger partial charge in [0.25, 0.3) is 10.1 Å². The second kappa shape index (κ2) is 11.5. The fourth-order valence-electron chi connectivity index (χ4n) is 2.80. The van der Waals surface area contributed by atoms with Crippen molar-refractivity contribution in [2.24, 2.45) is 0 Å². The number of hydrogen-bond acceptors (Lipinski definition) is 6. The Hall–Kier alpha value is -1.85. The van der Waals surface area contributed by atoms with Gasteiger partial charge in [-0.05, 0) is 44.0 Å². The number of hydrogen-bond donors (Lipinski definition) is 4. The molecular formula is C19H27N2NaO7S. The van der Waals surface area contributed by atoms with Crippen LogP contribution in [0.2, 0.25) is 0 Å². The molecule has 162 valence electrons. The number of phenolic OH excluding ortho intramolecular Hbond substituents is 2. The molecule has 0 saturated heterocycles. The maximum atomic E-state index is 12.6. The molecule has 0 aliphatic rings. The summed E-state index contributed by atoms with van der Waals surface area (Å²) < 4.78 is 32.2. The number of carbonyl (C=O) groups excluding carboxylic acids is 2. The predicted molar refractivity (Wildman–Crippen MR) is 109 cm³/mol. The van der Waals surface area contributed by atoms with Gasteiger partial charge in [0.05, 0.1) is 11.3 Å². The second-order valence-corrected chi connectivity index (χ2v) is 8.51. The minimum atomic E-state index is -4.47. The van der Waals surface area contributed by atoms with Crippen molar-refractivity contribution in [3.63, 3.8) is 0 Å². The molecule has 9 nitrogen and oxygen atoms in total. The number of amides is 2. The fraction of sp³-hybridized carbons (Fsp3) is 0.368. The third-order valence-corrected chi connectivity index (χ3v) is 5.02. The van der Waals surface area contributed by atoms with Crippen LogP contribution in [0.1, 0.15) is 20.8 Å². The van der Waals surface area contributed by atoms with Gasteiger partial charge in [-0.25, -0.2) is 0 Å². The SMILES string of the molecule is C=CC(=O)NC(C)(CN(CCc1ccc(O)c(O)c1)C(=O)C(=C)C)CS(=O)(=O)O.[H-].[Na+]. The molecule has 1 unspecified atom stereocenters. The van der Waals surface area contributed by atoms with E-state index in [4.69, 9.17) is 0 Å². The molecule has 0 fully saturated rings. The number of phenols is 2. The van der Waals surface area contributed by atoms with Gasteiger partial charge in [-0.3, -0.25) is 14.1 Å². The quantitative estimate of drug-likeness (QED) is 0.141. The van der Waals surface area contributed by atoms with Crippen molar-refractivity contribution >= 4 is 21.9 Å². The number of carbonyl (C=O) groups is 2. The van der Waals surface area contributed by atoms with Crippen molar-refractivity contribution in [3.05, 3.63) is 48.6 Å². The summed E-state index contributed by atoms with van der Waals surface area (Å²) in [5.74, 6) is -2.55. The van der Waals surface area contributed by atoms with Gasteiger partial charge in [-0.1, -0.05) is 19.2 Å². The van der Waals surface area contributed by atoms with Crippen LogP contribution in [0.3, 0.4) is 0 Å². The van der Waals surface area contributed by atoms with Gasteiger partial charge in [-0.2, -0.15) is 8.42 Å². The van der Waals surface area contributed by atoms with Crippen molar-refractivity contribution < 1.29 is 63.8 Å². The average molecular weight is 450 g/mol. The summed E-state index contributed by atoms with van der Waals surface area (Å²) in [6.07, 6.45) is 1.22. The zero-order chi connectivity index (χ0) is 22.4. The maximum Gasteiger partial charge on any atom is 1.00 e. The van der Waals surface area contributed by atoms with Gasteiger partial charge in [0.15, 0.2) is 11.5 Å². The molecule has 1 rings (SSSR count). The van der Waals surface area contributed by atoms with Crippen LogP contribution < -0.4 is 34.9 Å². The van der Waals surface area contributed by atoms with Crippen LogP contribution >= 0.6 is 0 Å². The van der Waals surface area contributed by atoms with Gasteiger partial charge in [-0.15, -0.1) is 0 Å². The zero-order valence-electron chi connectivity index (χ0n) is 18.4. The van der Waals surface area contributed by atoms with Gasteiger partial charge >= 0.3 is 29.6 Å². The number of benzene rings is 1. The monoisotopic (exact) mass is 450 g/mol. The fourth-order valence-corrected chi connectivity index (χ4v) is 3.77. The van der Waals surface area contributed by atoms with Gasteiger partial charge in [0, 0.05) is 18.7 Å². The van der Waals surface area contributed by atoms with Crippen LogP contribution in [0.5, 0.6) is 11.5 Å². The Labute approximate surface area is 200 Å². The molecule has 2 amide bonds. The molecule has 1 aromatic rings. The van der Waals surface area contributed by atoms with E-state index in [1.807, 2.05) is 0 Å². The average Bonchev–Trinajstić information content (AvgIpc) is 2.58. The third kappa shape index (κ3) is 9.31. The van der Waals surface area contributed by atoms with Crippen LogP contribution in [-0.4, -0.2) is 64.3 Å². The molecule has 0 aromatic heterocycles. The van der Waals surface area contributed by atoms with Crippen molar-refractivity contribution in [1.29, 1.82) is 0 Å². The number of nitrogens with one attached hydrogen (secondary N) is 1. The maximum absolute atomic E-state index is 12.6. The Morgan fingerprint density at radius 3 is 2.37 bits per heavy atom. The van der Waals surface area contributed by atoms with Crippen LogP contribution in [0.15, 0.2) is 43.0 Å². The molecule has 0 saturated carbocycles. The van der Waals surface area contributed by atoms with E-state index in [2.05, 4.69) is 18.5 Å². The van der Waals surface area contributed by atoms with E-state index in [-0.39, 0.29) is 67.6 Å². The smallest absolute Gasteiger partial charge is 1.00 e. The van der Waals surface area contributed by atoms with E-state index >= 15 is 0 Å². The molecule has 11 heteroatoms. The molecule has 0 aliphatic heterocycles. The summed E-state index contributed by atoms with van der Waals surface area (Å²) in [6.45, 7) is 9.65. The minimum absolute atomic E-state index is 0. The molecule has 1 atom stereocenters. The van der Waals surface area contributed by atoms with Gasteiger partial charge in [0.1, 0.15) is 0 Å². The molecule has 30 heavy (non-hydrogen) atoms. The molecule has 0 bridgehead atoms. The topological polar surface area (TPSA) is 144 Å².